The first kappa shape index (κ1) is 14.9. The van der Waals surface area contributed by atoms with Crippen molar-refractivity contribution in [3.8, 4) is 5.75 Å². The second-order valence-electron chi connectivity index (χ2n) is 4.85. The SMILES string of the molecule is O=C(COc1ccc(Cl)cc1Cl)c1ccc2ccccc2c1. The van der Waals surface area contributed by atoms with E-state index in [2.05, 4.69) is 0 Å². The van der Waals surface area contributed by atoms with E-state index in [0.717, 1.165) is 10.8 Å². The fraction of sp³-hybridized carbons (Fsp3) is 0.0556. The van der Waals surface area contributed by atoms with Crippen LogP contribution < -0.4 is 4.74 Å². The Morgan fingerprint density at radius 3 is 2.45 bits per heavy atom. The van der Waals surface area contributed by atoms with E-state index in [-0.39, 0.29) is 12.4 Å². The number of carbonyl (C=O) groups is 1. The van der Waals surface area contributed by atoms with Gasteiger partial charge in [-0.15, -0.1) is 0 Å². The molecule has 0 aliphatic carbocycles. The summed E-state index contributed by atoms with van der Waals surface area (Å²) in [6, 6.07) is 18.4. The minimum atomic E-state index is -0.100. The summed E-state index contributed by atoms with van der Waals surface area (Å²) < 4.78 is 5.48. The molecule has 0 saturated heterocycles. The number of benzene rings is 3. The third kappa shape index (κ3) is 3.24. The Morgan fingerprint density at radius 2 is 1.68 bits per heavy atom. The van der Waals surface area contributed by atoms with Crippen LogP contribution in [0.4, 0.5) is 0 Å². The molecule has 0 radical (unpaired) electrons. The molecule has 0 unspecified atom stereocenters. The molecular weight excluding hydrogens is 319 g/mol. The predicted octanol–water partition coefficient (Wildman–Crippen LogP) is 5.41. The number of ketones is 1. The van der Waals surface area contributed by atoms with Crippen molar-refractivity contribution >= 4 is 39.8 Å². The number of ether oxygens (including phenoxy) is 1. The van der Waals surface area contributed by atoms with E-state index in [1.165, 1.54) is 0 Å². The summed E-state index contributed by atoms with van der Waals surface area (Å²) in [5.41, 5.74) is 0.615. The number of Topliss-reactive ketones (excluding diaryl/α,β-unsaturated/α-hetero) is 1. The van der Waals surface area contributed by atoms with Gasteiger partial charge in [0, 0.05) is 10.6 Å². The van der Waals surface area contributed by atoms with E-state index in [1.54, 1.807) is 24.3 Å². The topological polar surface area (TPSA) is 26.3 Å². The molecule has 0 spiro atoms. The van der Waals surface area contributed by atoms with Crippen molar-refractivity contribution < 1.29 is 9.53 Å². The van der Waals surface area contributed by atoms with Crippen LogP contribution in [0, 0.1) is 0 Å². The lowest BCUT2D eigenvalue weighted by Gasteiger charge is -2.08. The van der Waals surface area contributed by atoms with E-state index in [1.807, 2.05) is 36.4 Å². The zero-order chi connectivity index (χ0) is 15.5. The van der Waals surface area contributed by atoms with Crippen molar-refractivity contribution in [2.75, 3.05) is 6.61 Å². The maximum atomic E-state index is 12.2. The molecule has 0 aliphatic rings. The van der Waals surface area contributed by atoms with E-state index in [0.29, 0.717) is 21.4 Å². The van der Waals surface area contributed by atoms with Gasteiger partial charge in [0.05, 0.1) is 5.02 Å². The lowest BCUT2D eigenvalue weighted by Crippen LogP contribution is -2.11. The highest BCUT2D eigenvalue weighted by molar-refractivity contribution is 6.35. The van der Waals surface area contributed by atoms with Crippen molar-refractivity contribution in [2.45, 2.75) is 0 Å². The van der Waals surface area contributed by atoms with Crippen LogP contribution in [0.5, 0.6) is 5.75 Å². The van der Waals surface area contributed by atoms with E-state index < -0.39 is 0 Å². The Balaban J connectivity index is 1.75. The van der Waals surface area contributed by atoms with Crippen molar-refractivity contribution in [3.63, 3.8) is 0 Å². The molecule has 0 heterocycles. The second kappa shape index (κ2) is 6.39. The molecule has 110 valence electrons. The molecule has 0 atom stereocenters. The molecule has 0 aliphatic heterocycles. The van der Waals surface area contributed by atoms with Crippen LogP contribution in [0.1, 0.15) is 10.4 Å². The largest absolute Gasteiger partial charge is 0.484 e. The van der Waals surface area contributed by atoms with Crippen LogP contribution in [0.2, 0.25) is 10.0 Å². The van der Waals surface area contributed by atoms with E-state index in [4.69, 9.17) is 27.9 Å². The molecule has 22 heavy (non-hydrogen) atoms. The fourth-order valence-corrected chi connectivity index (χ4v) is 2.64. The Morgan fingerprint density at radius 1 is 0.909 bits per heavy atom. The minimum absolute atomic E-state index is 0.0697. The first-order valence-electron chi connectivity index (χ1n) is 6.73. The highest BCUT2D eigenvalue weighted by atomic mass is 35.5. The Hall–Kier alpha value is -2.03. The van der Waals surface area contributed by atoms with Gasteiger partial charge in [-0.2, -0.15) is 0 Å². The van der Waals surface area contributed by atoms with Crippen LogP contribution in [-0.2, 0) is 0 Å². The van der Waals surface area contributed by atoms with Gasteiger partial charge in [0.1, 0.15) is 5.75 Å². The molecule has 0 bridgehead atoms. The summed E-state index contributed by atoms with van der Waals surface area (Å²) in [5.74, 6) is 0.344. The molecule has 0 aromatic heterocycles. The molecule has 0 N–H and O–H groups in total. The molecule has 4 heteroatoms. The average molecular weight is 331 g/mol. The zero-order valence-electron chi connectivity index (χ0n) is 11.6. The number of halogens is 2. The highest BCUT2D eigenvalue weighted by Crippen LogP contribution is 2.27. The molecule has 3 aromatic rings. The van der Waals surface area contributed by atoms with Crippen molar-refractivity contribution in [1.29, 1.82) is 0 Å². The summed E-state index contributed by atoms with van der Waals surface area (Å²) in [4.78, 5) is 12.2. The molecular formula is C18H12Cl2O2. The zero-order valence-corrected chi connectivity index (χ0v) is 13.1. The summed E-state index contributed by atoms with van der Waals surface area (Å²) in [6.45, 7) is -0.0697. The minimum Gasteiger partial charge on any atom is -0.484 e. The predicted molar refractivity (Wildman–Crippen MR) is 90.2 cm³/mol. The summed E-state index contributed by atoms with van der Waals surface area (Å²) in [7, 11) is 0. The van der Waals surface area contributed by atoms with Gasteiger partial charge < -0.3 is 4.74 Å². The first-order valence-corrected chi connectivity index (χ1v) is 7.49. The van der Waals surface area contributed by atoms with Gasteiger partial charge in [-0.05, 0) is 35.0 Å². The third-order valence-electron chi connectivity index (χ3n) is 3.32. The summed E-state index contributed by atoms with van der Waals surface area (Å²) >= 11 is 11.8. The van der Waals surface area contributed by atoms with Gasteiger partial charge in [-0.1, -0.05) is 59.6 Å². The van der Waals surface area contributed by atoms with Crippen LogP contribution >= 0.6 is 23.2 Å². The number of hydrogen-bond acceptors (Lipinski definition) is 2. The summed E-state index contributed by atoms with van der Waals surface area (Å²) in [6.07, 6.45) is 0. The van der Waals surface area contributed by atoms with E-state index in [9.17, 15) is 4.79 Å². The Bertz CT molecular complexity index is 843. The summed E-state index contributed by atoms with van der Waals surface area (Å²) in [5, 5.41) is 3.04. The average Bonchev–Trinajstić information content (AvgIpc) is 2.53. The number of hydrogen-bond donors (Lipinski definition) is 0. The van der Waals surface area contributed by atoms with Gasteiger partial charge >= 0.3 is 0 Å². The fourth-order valence-electron chi connectivity index (χ4n) is 2.18. The molecule has 0 amide bonds. The lowest BCUT2D eigenvalue weighted by molar-refractivity contribution is 0.0922. The normalized spacial score (nSPS) is 10.6. The quantitative estimate of drug-likeness (QED) is 0.598. The standard InChI is InChI=1S/C18H12Cl2O2/c19-15-7-8-18(16(20)10-15)22-11-17(21)14-6-5-12-3-1-2-4-13(12)9-14/h1-10H,11H2. The molecule has 3 rings (SSSR count). The third-order valence-corrected chi connectivity index (χ3v) is 3.85. The Kier molecular flexibility index (Phi) is 4.32. The van der Waals surface area contributed by atoms with Crippen molar-refractivity contribution in [3.05, 3.63) is 76.3 Å². The smallest absolute Gasteiger partial charge is 0.200 e. The van der Waals surface area contributed by atoms with Gasteiger partial charge in [-0.3, -0.25) is 4.79 Å². The van der Waals surface area contributed by atoms with Crippen molar-refractivity contribution in [1.82, 2.24) is 0 Å². The van der Waals surface area contributed by atoms with Crippen LogP contribution in [0.25, 0.3) is 10.8 Å². The highest BCUT2D eigenvalue weighted by Gasteiger charge is 2.09. The van der Waals surface area contributed by atoms with Gasteiger partial charge in [-0.25, -0.2) is 0 Å². The van der Waals surface area contributed by atoms with Gasteiger partial charge in [0.15, 0.2) is 12.4 Å². The molecule has 2 nitrogen and oxygen atoms in total. The molecule has 0 fully saturated rings. The number of carbonyl (C=O) groups excluding carboxylic acids is 1. The second-order valence-corrected chi connectivity index (χ2v) is 5.69. The van der Waals surface area contributed by atoms with Gasteiger partial charge in [0.25, 0.3) is 0 Å². The van der Waals surface area contributed by atoms with Crippen LogP contribution in [0.15, 0.2) is 60.7 Å². The number of fused-ring (bicyclic) bond motifs is 1. The maximum absolute atomic E-state index is 12.2. The van der Waals surface area contributed by atoms with E-state index >= 15 is 0 Å². The first-order chi connectivity index (χ1) is 10.6. The molecule has 0 saturated carbocycles. The lowest BCUT2D eigenvalue weighted by atomic mass is 10.0. The van der Waals surface area contributed by atoms with Crippen LogP contribution in [-0.4, -0.2) is 12.4 Å². The Labute approximate surface area is 138 Å². The number of rotatable bonds is 4. The van der Waals surface area contributed by atoms with Crippen LogP contribution in [0.3, 0.4) is 0 Å². The monoisotopic (exact) mass is 330 g/mol. The maximum Gasteiger partial charge on any atom is 0.200 e. The van der Waals surface area contributed by atoms with Gasteiger partial charge in [0.2, 0.25) is 0 Å². The van der Waals surface area contributed by atoms with Crippen molar-refractivity contribution in [2.24, 2.45) is 0 Å². The molecule has 3 aromatic carbocycles.